The van der Waals surface area contributed by atoms with Crippen molar-refractivity contribution >= 4 is 40.7 Å². The molecule has 0 saturated heterocycles. The second-order valence-electron chi connectivity index (χ2n) is 8.14. The molecule has 1 unspecified atom stereocenters. The first-order valence-corrected chi connectivity index (χ1v) is 10.9. The van der Waals surface area contributed by atoms with E-state index >= 15 is 0 Å². The van der Waals surface area contributed by atoms with E-state index < -0.39 is 23.7 Å². The summed E-state index contributed by atoms with van der Waals surface area (Å²) in [6, 6.07) is 7.31. The number of benzene rings is 1. The quantitative estimate of drug-likeness (QED) is 0.320. The maximum Gasteiger partial charge on any atom is 0.328 e. The van der Waals surface area contributed by atoms with Gasteiger partial charge in [-0.3, -0.25) is 14.4 Å². The molecule has 180 valence electrons. The van der Waals surface area contributed by atoms with Crippen LogP contribution in [-0.4, -0.2) is 53.5 Å². The van der Waals surface area contributed by atoms with E-state index in [-0.39, 0.29) is 37.3 Å². The maximum atomic E-state index is 11.9. The average molecular weight is 459 g/mol. The number of para-hydroxylation sites is 1. The minimum absolute atomic E-state index is 0.0314. The van der Waals surface area contributed by atoms with E-state index in [2.05, 4.69) is 40.7 Å². The summed E-state index contributed by atoms with van der Waals surface area (Å²) in [6.07, 6.45) is 2.31. The van der Waals surface area contributed by atoms with Crippen molar-refractivity contribution < 1.29 is 23.9 Å². The molecule has 0 aliphatic rings. The number of esters is 1. The average Bonchev–Trinajstić information content (AvgIpc) is 3.15. The van der Waals surface area contributed by atoms with Gasteiger partial charge in [0.15, 0.2) is 5.78 Å². The van der Waals surface area contributed by atoms with Crippen molar-refractivity contribution in [3.8, 4) is 0 Å². The van der Waals surface area contributed by atoms with Crippen LogP contribution >= 0.6 is 0 Å². The molecule has 33 heavy (non-hydrogen) atoms. The van der Waals surface area contributed by atoms with Crippen molar-refractivity contribution in [3.05, 3.63) is 36.0 Å². The van der Waals surface area contributed by atoms with Gasteiger partial charge in [0.05, 0.1) is 18.9 Å². The van der Waals surface area contributed by atoms with Gasteiger partial charge in [-0.25, -0.2) is 4.79 Å². The third-order valence-corrected chi connectivity index (χ3v) is 4.56. The Balaban J connectivity index is 0.000000442. The van der Waals surface area contributed by atoms with E-state index in [4.69, 9.17) is 10.1 Å². The minimum atomic E-state index is -0.996. The lowest BCUT2D eigenvalue weighted by Gasteiger charge is -2.19. The maximum absolute atomic E-state index is 11.9. The van der Waals surface area contributed by atoms with Crippen LogP contribution < -0.4 is 10.6 Å². The number of ketones is 1. The molecule has 0 saturated carbocycles. The highest BCUT2D eigenvalue weighted by molar-refractivity contribution is 6.26. The van der Waals surface area contributed by atoms with Crippen LogP contribution in [0, 0.1) is 18.3 Å². The number of nitrogens with one attached hydrogen (secondary N) is 4. The number of carbonyl (C=O) groups is 4. The molecule has 1 aromatic heterocycles. The number of rotatable bonds is 10. The summed E-state index contributed by atoms with van der Waals surface area (Å²) >= 11 is 0. The summed E-state index contributed by atoms with van der Waals surface area (Å²) in [5.41, 5.74) is 2.54. The van der Waals surface area contributed by atoms with Gasteiger partial charge in [-0.1, -0.05) is 32.0 Å². The number of aromatic amines is 1. The van der Waals surface area contributed by atoms with E-state index in [9.17, 15) is 19.2 Å². The van der Waals surface area contributed by atoms with Gasteiger partial charge in [-0.05, 0) is 38.8 Å². The van der Waals surface area contributed by atoms with Gasteiger partial charge in [-0.15, -0.1) is 0 Å². The van der Waals surface area contributed by atoms with Crippen LogP contribution in [0.1, 0.15) is 46.1 Å². The number of aromatic nitrogens is 1. The number of hydrogen-bond acceptors (Lipinski definition) is 6. The molecule has 2 aromatic rings. The van der Waals surface area contributed by atoms with E-state index in [1.54, 1.807) is 27.7 Å². The first kappa shape index (κ1) is 27.5. The molecular weight excluding hydrogens is 424 g/mol. The molecule has 2 rings (SSSR count). The number of amides is 2. The lowest BCUT2D eigenvalue weighted by Crippen LogP contribution is -2.47. The predicted molar refractivity (Wildman–Crippen MR) is 127 cm³/mol. The van der Waals surface area contributed by atoms with E-state index in [1.165, 1.54) is 16.5 Å². The van der Waals surface area contributed by atoms with Gasteiger partial charge in [-0.2, -0.15) is 0 Å². The van der Waals surface area contributed by atoms with Gasteiger partial charge in [0.2, 0.25) is 11.8 Å². The summed E-state index contributed by atoms with van der Waals surface area (Å²) in [5.74, 6) is -2.18. The number of carbonyl (C=O) groups excluding carboxylic acids is 4. The summed E-state index contributed by atoms with van der Waals surface area (Å²) in [7, 11) is 0. The van der Waals surface area contributed by atoms with Crippen molar-refractivity contribution in [3.63, 3.8) is 0 Å². The van der Waals surface area contributed by atoms with Gasteiger partial charge in [0.25, 0.3) is 0 Å². The molecule has 1 atom stereocenters. The molecule has 0 aliphatic heterocycles. The zero-order valence-corrected chi connectivity index (χ0v) is 19.9. The fraction of sp³-hybridized carbons (Fsp3) is 0.458. The van der Waals surface area contributed by atoms with Crippen LogP contribution in [0.25, 0.3) is 10.9 Å². The summed E-state index contributed by atoms with van der Waals surface area (Å²) in [4.78, 5) is 49.5. The van der Waals surface area contributed by atoms with Crippen LogP contribution in [0.5, 0.6) is 0 Å². The number of hydrogen-bond donors (Lipinski definition) is 4. The molecule has 1 heterocycles. The van der Waals surface area contributed by atoms with E-state index in [1.807, 2.05) is 12.3 Å². The number of H-pyrrole nitrogens is 1. The SMILES string of the molecule is CC(C)OC(=O)C(CCC(=O)C=N)NC(=O)CNC(=O)C(C)C.Cc1c[nH]c2ccccc12. The first-order valence-electron chi connectivity index (χ1n) is 10.9. The molecule has 9 heteroatoms. The van der Waals surface area contributed by atoms with E-state index in [0.29, 0.717) is 6.21 Å². The smallest absolute Gasteiger partial charge is 0.328 e. The van der Waals surface area contributed by atoms with Gasteiger partial charge >= 0.3 is 5.97 Å². The highest BCUT2D eigenvalue weighted by Crippen LogP contribution is 2.15. The van der Waals surface area contributed by atoms with Gasteiger partial charge in [0.1, 0.15) is 6.04 Å². The molecule has 0 radical (unpaired) electrons. The second-order valence-corrected chi connectivity index (χ2v) is 8.14. The Kier molecular flexibility index (Phi) is 11.5. The van der Waals surface area contributed by atoms with Crippen molar-refractivity contribution in [1.82, 2.24) is 15.6 Å². The van der Waals surface area contributed by atoms with Crippen LogP contribution in [-0.2, 0) is 23.9 Å². The first-order chi connectivity index (χ1) is 15.5. The molecule has 0 fully saturated rings. The Morgan fingerprint density at radius 1 is 1.12 bits per heavy atom. The number of aryl methyl sites for hydroxylation is 1. The Morgan fingerprint density at radius 3 is 2.36 bits per heavy atom. The number of ether oxygens (including phenoxy) is 1. The zero-order valence-electron chi connectivity index (χ0n) is 19.9. The summed E-state index contributed by atoms with van der Waals surface area (Å²) < 4.78 is 5.03. The van der Waals surface area contributed by atoms with Gasteiger partial charge < -0.3 is 25.8 Å². The Labute approximate surface area is 194 Å². The van der Waals surface area contributed by atoms with Crippen LogP contribution in [0.4, 0.5) is 0 Å². The Morgan fingerprint density at radius 2 is 1.79 bits per heavy atom. The lowest BCUT2D eigenvalue weighted by atomic mass is 10.1. The predicted octanol–water partition coefficient (Wildman–Crippen LogP) is 2.67. The minimum Gasteiger partial charge on any atom is -0.461 e. The van der Waals surface area contributed by atoms with Crippen LogP contribution in [0.15, 0.2) is 30.5 Å². The van der Waals surface area contributed by atoms with Crippen LogP contribution in [0.2, 0.25) is 0 Å². The monoisotopic (exact) mass is 458 g/mol. The third kappa shape index (κ3) is 10.1. The standard InChI is InChI=1S/C15H25N3O5.C9H9N/c1-9(2)14(21)17-8-13(20)18-12(6-5-11(19)7-16)15(22)23-10(3)4;1-7-6-10-9-5-3-2-4-8(7)9/h7,9-10,12,16H,5-6,8H2,1-4H3,(H,17,21)(H,18,20);2-6,10H,1H3. The third-order valence-electron chi connectivity index (χ3n) is 4.56. The van der Waals surface area contributed by atoms with Gasteiger partial charge in [0, 0.05) is 29.4 Å². The molecule has 1 aromatic carbocycles. The fourth-order valence-corrected chi connectivity index (χ4v) is 2.76. The normalized spacial score (nSPS) is 11.4. The van der Waals surface area contributed by atoms with Crippen molar-refractivity contribution in [2.45, 2.75) is 59.6 Å². The summed E-state index contributed by atoms with van der Waals surface area (Å²) in [5, 5.41) is 13.0. The number of Topliss-reactive ketones (excluding diaryl/α,β-unsaturated/α-hetero) is 1. The topological polar surface area (TPSA) is 141 Å². The molecule has 2 amide bonds. The largest absolute Gasteiger partial charge is 0.461 e. The van der Waals surface area contributed by atoms with Crippen molar-refractivity contribution in [2.24, 2.45) is 5.92 Å². The number of fused-ring (bicyclic) bond motifs is 1. The highest BCUT2D eigenvalue weighted by Gasteiger charge is 2.24. The zero-order chi connectivity index (χ0) is 25.0. The molecule has 9 nitrogen and oxygen atoms in total. The van der Waals surface area contributed by atoms with Crippen LogP contribution in [0.3, 0.4) is 0 Å². The van der Waals surface area contributed by atoms with E-state index in [0.717, 1.165) is 0 Å². The molecule has 4 N–H and O–H groups in total. The molecule has 0 bridgehead atoms. The molecule has 0 spiro atoms. The highest BCUT2D eigenvalue weighted by atomic mass is 16.5. The van der Waals surface area contributed by atoms with Crippen molar-refractivity contribution in [1.29, 1.82) is 5.41 Å². The fourth-order valence-electron chi connectivity index (χ4n) is 2.76. The lowest BCUT2D eigenvalue weighted by molar-refractivity contribution is -0.151. The van der Waals surface area contributed by atoms with Crippen molar-refractivity contribution in [2.75, 3.05) is 6.54 Å². The second kappa shape index (κ2) is 13.8. The summed E-state index contributed by atoms with van der Waals surface area (Å²) in [6.45, 7) is 8.57. The molecule has 0 aliphatic carbocycles. The Hall–Kier alpha value is -3.49. The Bertz CT molecular complexity index is 965. The molecular formula is C24H34N4O5.